The predicted octanol–water partition coefficient (Wildman–Crippen LogP) is 5.78. The normalized spacial score (nSPS) is 10.4. The lowest BCUT2D eigenvalue weighted by Gasteiger charge is -2.29. The SMILES string of the molecule is O=C(O)c1ccccc1N(c1ccccc1C(=O)O)c1ccccc1C(=O)c1ccccc1. The van der Waals surface area contributed by atoms with Crippen molar-refractivity contribution < 1.29 is 24.6 Å². The van der Waals surface area contributed by atoms with Crippen molar-refractivity contribution in [2.24, 2.45) is 0 Å². The average molecular weight is 437 g/mol. The Hall–Kier alpha value is -4.71. The van der Waals surface area contributed by atoms with Crippen molar-refractivity contribution in [1.82, 2.24) is 0 Å². The molecule has 0 heterocycles. The molecule has 2 N–H and O–H groups in total. The van der Waals surface area contributed by atoms with Crippen molar-refractivity contribution in [2.75, 3.05) is 4.90 Å². The number of rotatable bonds is 7. The van der Waals surface area contributed by atoms with E-state index >= 15 is 0 Å². The number of para-hydroxylation sites is 3. The molecule has 0 fully saturated rings. The lowest BCUT2D eigenvalue weighted by Crippen LogP contribution is -2.19. The predicted molar refractivity (Wildman–Crippen MR) is 125 cm³/mol. The van der Waals surface area contributed by atoms with Crippen LogP contribution in [0.3, 0.4) is 0 Å². The highest BCUT2D eigenvalue weighted by atomic mass is 16.4. The number of carboxylic acid groups (broad SMARTS) is 2. The number of carboxylic acids is 2. The molecule has 0 radical (unpaired) electrons. The molecule has 0 saturated carbocycles. The number of carbonyl (C=O) groups excluding carboxylic acids is 1. The number of aromatic carboxylic acids is 2. The summed E-state index contributed by atoms with van der Waals surface area (Å²) in [5.41, 5.74) is 1.57. The molecule has 0 atom stereocenters. The van der Waals surface area contributed by atoms with Crippen LogP contribution in [0.5, 0.6) is 0 Å². The fraction of sp³-hybridized carbons (Fsp3) is 0. The molecule has 4 aromatic rings. The molecule has 6 nitrogen and oxygen atoms in total. The van der Waals surface area contributed by atoms with Gasteiger partial charge in [0.25, 0.3) is 0 Å². The molecule has 0 saturated heterocycles. The highest BCUT2D eigenvalue weighted by Gasteiger charge is 2.26. The van der Waals surface area contributed by atoms with Gasteiger partial charge in [-0.25, -0.2) is 9.59 Å². The summed E-state index contributed by atoms with van der Waals surface area (Å²) in [4.78, 5) is 39.0. The van der Waals surface area contributed by atoms with Gasteiger partial charge in [0.05, 0.1) is 28.2 Å². The fourth-order valence-electron chi connectivity index (χ4n) is 3.69. The van der Waals surface area contributed by atoms with E-state index in [-0.39, 0.29) is 28.3 Å². The van der Waals surface area contributed by atoms with Gasteiger partial charge < -0.3 is 15.1 Å². The number of anilines is 3. The second-order valence-corrected chi connectivity index (χ2v) is 7.19. The van der Waals surface area contributed by atoms with Gasteiger partial charge in [0, 0.05) is 11.1 Å². The van der Waals surface area contributed by atoms with Crippen molar-refractivity contribution >= 4 is 34.8 Å². The lowest BCUT2D eigenvalue weighted by atomic mass is 9.99. The number of hydrogen-bond acceptors (Lipinski definition) is 4. The summed E-state index contributed by atoms with van der Waals surface area (Å²) in [5, 5.41) is 19.7. The molecule has 4 rings (SSSR count). The Morgan fingerprint density at radius 1 is 0.485 bits per heavy atom. The van der Waals surface area contributed by atoms with E-state index in [1.54, 1.807) is 91.0 Å². The summed E-state index contributed by atoms with van der Waals surface area (Å²) in [6.07, 6.45) is 0. The number of benzene rings is 4. The zero-order valence-electron chi connectivity index (χ0n) is 17.4. The standard InChI is InChI=1S/C27H19NO5/c29-25(18-10-2-1-3-11-18)19-12-4-7-15-22(19)28(23-16-8-5-13-20(23)26(30)31)24-17-9-6-14-21(24)27(32)33/h1-17H,(H,30,31)(H,32,33). The number of ketones is 1. The van der Waals surface area contributed by atoms with Gasteiger partial charge >= 0.3 is 11.9 Å². The highest BCUT2D eigenvalue weighted by molar-refractivity contribution is 6.14. The van der Waals surface area contributed by atoms with Crippen molar-refractivity contribution in [3.63, 3.8) is 0 Å². The third kappa shape index (κ3) is 4.22. The van der Waals surface area contributed by atoms with Crippen LogP contribution in [0, 0.1) is 0 Å². The molecule has 0 bridgehead atoms. The summed E-state index contributed by atoms with van der Waals surface area (Å²) >= 11 is 0. The van der Waals surface area contributed by atoms with Crippen LogP contribution >= 0.6 is 0 Å². The zero-order chi connectivity index (χ0) is 23.4. The summed E-state index contributed by atoms with van der Waals surface area (Å²) in [6, 6.07) is 28.0. The van der Waals surface area contributed by atoms with Gasteiger partial charge in [0.15, 0.2) is 5.78 Å². The maximum Gasteiger partial charge on any atom is 0.337 e. The number of nitrogens with zero attached hydrogens (tertiary/aromatic N) is 1. The second-order valence-electron chi connectivity index (χ2n) is 7.19. The van der Waals surface area contributed by atoms with Crippen LogP contribution in [-0.4, -0.2) is 27.9 Å². The van der Waals surface area contributed by atoms with Crippen LogP contribution < -0.4 is 4.90 Å². The Balaban J connectivity index is 2.03. The zero-order valence-corrected chi connectivity index (χ0v) is 17.4. The molecule has 0 amide bonds. The molecule has 0 unspecified atom stereocenters. The molecule has 0 spiro atoms. The Morgan fingerprint density at radius 3 is 1.30 bits per heavy atom. The van der Waals surface area contributed by atoms with Crippen molar-refractivity contribution in [1.29, 1.82) is 0 Å². The summed E-state index contributed by atoms with van der Waals surface area (Å²) in [5.74, 6) is -2.61. The molecule has 0 aromatic heterocycles. The van der Waals surface area contributed by atoms with Gasteiger partial charge in [-0.1, -0.05) is 66.7 Å². The van der Waals surface area contributed by atoms with Gasteiger partial charge in [-0.3, -0.25) is 4.79 Å². The Kier molecular flexibility index (Phi) is 6.00. The smallest absolute Gasteiger partial charge is 0.337 e. The highest BCUT2D eigenvalue weighted by Crippen LogP contribution is 2.40. The molecule has 6 heteroatoms. The Morgan fingerprint density at radius 2 is 0.848 bits per heavy atom. The Bertz CT molecular complexity index is 1290. The minimum Gasteiger partial charge on any atom is -0.478 e. The third-order valence-electron chi connectivity index (χ3n) is 5.18. The van der Waals surface area contributed by atoms with Crippen LogP contribution in [0.25, 0.3) is 0 Å². The minimum absolute atomic E-state index is 0.0281. The maximum atomic E-state index is 13.4. The largest absolute Gasteiger partial charge is 0.478 e. The van der Waals surface area contributed by atoms with E-state index in [1.807, 2.05) is 0 Å². The molecule has 162 valence electrons. The topological polar surface area (TPSA) is 94.9 Å². The molecular weight excluding hydrogens is 418 g/mol. The molecule has 0 aliphatic rings. The first-order valence-electron chi connectivity index (χ1n) is 10.1. The average Bonchev–Trinajstić information content (AvgIpc) is 2.85. The minimum atomic E-state index is -1.17. The monoisotopic (exact) mass is 437 g/mol. The second kappa shape index (κ2) is 9.20. The first kappa shape index (κ1) is 21.5. The van der Waals surface area contributed by atoms with Crippen LogP contribution in [0.4, 0.5) is 17.1 Å². The summed E-state index contributed by atoms with van der Waals surface area (Å²) in [7, 11) is 0. The van der Waals surface area contributed by atoms with Crippen LogP contribution in [0.1, 0.15) is 36.6 Å². The van der Waals surface area contributed by atoms with E-state index in [0.29, 0.717) is 16.8 Å². The molecule has 0 aliphatic heterocycles. The van der Waals surface area contributed by atoms with Crippen molar-refractivity contribution in [3.8, 4) is 0 Å². The van der Waals surface area contributed by atoms with E-state index in [1.165, 1.54) is 17.0 Å². The van der Waals surface area contributed by atoms with E-state index in [0.717, 1.165) is 0 Å². The molecule has 4 aromatic carbocycles. The van der Waals surface area contributed by atoms with Crippen LogP contribution in [0.2, 0.25) is 0 Å². The van der Waals surface area contributed by atoms with Gasteiger partial charge in [0.2, 0.25) is 0 Å². The van der Waals surface area contributed by atoms with Gasteiger partial charge in [0.1, 0.15) is 0 Å². The number of hydrogen-bond donors (Lipinski definition) is 2. The lowest BCUT2D eigenvalue weighted by molar-refractivity contribution is 0.0688. The molecular formula is C27H19NO5. The summed E-state index contributed by atoms with van der Waals surface area (Å²) in [6.45, 7) is 0. The van der Waals surface area contributed by atoms with Crippen molar-refractivity contribution in [2.45, 2.75) is 0 Å². The van der Waals surface area contributed by atoms with E-state index in [9.17, 15) is 24.6 Å². The Labute approximate surface area is 190 Å². The van der Waals surface area contributed by atoms with Crippen LogP contribution in [-0.2, 0) is 0 Å². The van der Waals surface area contributed by atoms with E-state index in [2.05, 4.69) is 0 Å². The van der Waals surface area contributed by atoms with Gasteiger partial charge in [-0.15, -0.1) is 0 Å². The molecule has 0 aliphatic carbocycles. The van der Waals surface area contributed by atoms with Gasteiger partial charge in [-0.2, -0.15) is 0 Å². The first-order chi connectivity index (χ1) is 16.0. The van der Waals surface area contributed by atoms with Crippen LogP contribution in [0.15, 0.2) is 103 Å². The quantitative estimate of drug-likeness (QED) is 0.356. The van der Waals surface area contributed by atoms with E-state index < -0.39 is 11.9 Å². The number of carbonyl (C=O) groups is 3. The fourth-order valence-corrected chi connectivity index (χ4v) is 3.69. The van der Waals surface area contributed by atoms with Gasteiger partial charge in [-0.05, 0) is 36.4 Å². The third-order valence-corrected chi connectivity index (χ3v) is 5.18. The van der Waals surface area contributed by atoms with E-state index in [4.69, 9.17) is 0 Å². The first-order valence-corrected chi connectivity index (χ1v) is 10.1. The maximum absolute atomic E-state index is 13.4. The van der Waals surface area contributed by atoms with Crippen molar-refractivity contribution in [3.05, 3.63) is 125 Å². The summed E-state index contributed by atoms with van der Waals surface area (Å²) < 4.78 is 0. The molecule has 33 heavy (non-hydrogen) atoms.